The summed E-state index contributed by atoms with van der Waals surface area (Å²) in [5.41, 5.74) is 7.70. The lowest BCUT2D eigenvalue weighted by Gasteiger charge is -2.23. The molecule has 0 aliphatic heterocycles. The third-order valence-corrected chi connectivity index (χ3v) is 3.91. The second-order valence-electron chi connectivity index (χ2n) is 5.08. The summed E-state index contributed by atoms with van der Waals surface area (Å²) >= 11 is 0. The molecule has 2 N–H and O–H groups in total. The monoisotopic (exact) mass is 246 g/mol. The molecule has 1 amide bonds. The minimum absolute atomic E-state index is 0.0552. The van der Waals surface area contributed by atoms with Crippen molar-refractivity contribution in [2.45, 2.75) is 38.0 Å². The van der Waals surface area contributed by atoms with Crippen molar-refractivity contribution >= 4 is 11.6 Å². The number of carbonyl (C=O) groups is 1. The molecule has 0 bridgehead atoms. The molecule has 0 radical (unpaired) electrons. The van der Waals surface area contributed by atoms with Crippen molar-refractivity contribution in [3.63, 3.8) is 0 Å². The van der Waals surface area contributed by atoms with Crippen LogP contribution in [0.15, 0.2) is 24.3 Å². The Morgan fingerprint density at radius 3 is 2.39 bits per heavy atom. The summed E-state index contributed by atoms with van der Waals surface area (Å²) in [7, 11) is 1.77. The lowest BCUT2D eigenvalue weighted by molar-refractivity contribution is -0.117. The van der Waals surface area contributed by atoms with Crippen molar-refractivity contribution in [1.82, 2.24) is 0 Å². The van der Waals surface area contributed by atoms with Gasteiger partial charge < -0.3 is 10.6 Å². The zero-order valence-corrected chi connectivity index (χ0v) is 11.1. The Bertz CT molecular complexity index is 393. The van der Waals surface area contributed by atoms with Gasteiger partial charge in [-0.15, -0.1) is 0 Å². The van der Waals surface area contributed by atoms with Crippen molar-refractivity contribution < 1.29 is 4.79 Å². The van der Waals surface area contributed by atoms with Gasteiger partial charge in [-0.1, -0.05) is 31.4 Å². The number of nitrogens with zero attached hydrogens (tertiary/aromatic N) is 1. The van der Waals surface area contributed by atoms with Gasteiger partial charge in [-0.25, -0.2) is 0 Å². The van der Waals surface area contributed by atoms with Crippen molar-refractivity contribution in [2.75, 3.05) is 18.5 Å². The first kappa shape index (κ1) is 13.1. The largest absolute Gasteiger partial charge is 0.322 e. The average Bonchev–Trinajstić information content (AvgIpc) is 2.47. The van der Waals surface area contributed by atoms with Crippen LogP contribution in [0.4, 0.5) is 5.69 Å². The van der Waals surface area contributed by atoms with Crippen LogP contribution in [0.3, 0.4) is 0 Å². The van der Waals surface area contributed by atoms with E-state index in [9.17, 15) is 4.79 Å². The van der Waals surface area contributed by atoms with Crippen LogP contribution < -0.4 is 10.6 Å². The molecule has 3 heteroatoms. The number of amides is 1. The Balaban J connectivity index is 2.07. The Kier molecular flexibility index (Phi) is 4.37. The quantitative estimate of drug-likeness (QED) is 0.891. The van der Waals surface area contributed by atoms with E-state index in [4.69, 9.17) is 5.73 Å². The van der Waals surface area contributed by atoms with E-state index in [0.717, 1.165) is 5.69 Å². The maximum absolute atomic E-state index is 11.5. The third-order valence-electron chi connectivity index (χ3n) is 3.91. The molecule has 1 aromatic rings. The number of rotatable bonds is 3. The number of anilines is 1. The first-order valence-electron chi connectivity index (χ1n) is 6.79. The third kappa shape index (κ3) is 2.91. The van der Waals surface area contributed by atoms with E-state index in [1.165, 1.54) is 37.7 Å². The Labute approximate surface area is 109 Å². The van der Waals surface area contributed by atoms with Crippen LogP contribution in [0.5, 0.6) is 0 Å². The zero-order chi connectivity index (χ0) is 13.0. The fourth-order valence-electron chi connectivity index (χ4n) is 2.69. The summed E-state index contributed by atoms with van der Waals surface area (Å²) in [6, 6.07) is 8.37. The van der Waals surface area contributed by atoms with E-state index in [1.54, 1.807) is 11.9 Å². The van der Waals surface area contributed by atoms with Crippen molar-refractivity contribution in [3.8, 4) is 0 Å². The van der Waals surface area contributed by atoms with Crippen LogP contribution in [0.25, 0.3) is 0 Å². The summed E-state index contributed by atoms with van der Waals surface area (Å²) in [5.74, 6) is 0.656. The van der Waals surface area contributed by atoms with E-state index < -0.39 is 0 Å². The van der Waals surface area contributed by atoms with Crippen LogP contribution in [0.1, 0.15) is 43.6 Å². The highest BCUT2D eigenvalue weighted by Crippen LogP contribution is 2.33. The number of carbonyl (C=O) groups excluding carboxylic acids is 1. The number of nitrogens with two attached hydrogens (primary N) is 1. The van der Waals surface area contributed by atoms with Gasteiger partial charge in [0.1, 0.15) is 0 Å². The summed E-state index contributed by atoms with van der Waals surface area (Å²) in [5, 5.41) is 0. The molecule has 0 saturated heterocycles. The molecular formula is C15H22N2O. The topological polar surface area (TPSA) is 46.3 Å². The smallest absolute Gasteiger partial charge is 0.240 e. The SMILES string of the molecule is CN(C(=O)CN)c1ccc(C2CCCCC2)cc1. The second kappa shape index (κ2) is 6.01. The normalized spacial score (nSPS) is 16.6. The molecule has 18 heavy (non-hydrogen) atoms. The molecular weight excluding hydrogens is 224 g/mol. The van der Waals surface area contributed by atoms with Gasteiger partial charge in [-0.2, -0.15) is 0 Å². The minimum Gasteiger partial charge on any atom is -0.322 e. The van der Waals surface area contributed by atoms with Crippen LogP contribution in [-0.2, 0) is 4.79 Å². The van der Waals surface area contributed by atoms with Crippen LogP contribution in [-0.4, -0.2) is 19.5 Å². The molecule has 0 spiro atoms. The standard InChI is InChI=1S/C15H22N2O/c1-17(15(18)11-16)14-9-7-13(8-10-14)12-5-3-2-4-6-12/h7-10,12H,2-6,11,16H2,1H3. The maximum atomic E-state index is 11.5. The molecule has 1 aliphatic rings. The average molecular weight is 246 g/mol. The lowest BCUT2D eigenvalue weighted by Crippen LogP contribution is -2.32. The lowest BCUT2D eigenvalue weighted by atomic mass is 9.84. The first-order valence-corrected chi connectivity index (χ1v) is 6.79. The number of benzene rings is 1. The first-order chi connectivity index (χ1) is 8.72. The van der Waals surface area contributed by atoms with Gasteiger partial charge in [0.15, 0.2) is 0 Å². The molecule has 0 unspecified atom stereocenters. The molecule has 0 aromatic heterocycles. The van der Waals surface area contributed by atoms with Crippen LogP contribution in [0.2, 0.25) is 0 Å². The summed E-state index contributed by atoms with van der Waals surface area (Å²) in [6.07, 6.45) is 6.67. The van der Waals surface area contributed by atoms with E-state index in [-0.39, 0.29) is 12.5 Å². The van der Waals surface area contributed by atoms with Crippen molar-refractivity contribution in [1.29, 1.82) is 0 Å². The molecule has 1 aliphatic carbocycles. The summed E-state index contributed by atoms with van der Waals surface area (Å²) in [6.45, 7) is 0.0564. The van der Waals surface area contributed by atoms with Crippen LogP contribution >= 0.6 is 0 Å². The predicted molar refractivity (Wildman–Crippen MR) is 74.7 cm³/mol. The molecule has 1 fully saturated rings. The number of likely N-dealkylation sites (N-methyl/N-ethyl adjacent to an activating group) is 1. The van der Waals surface area contributed by atoms with Crippen molar-refractivity contribution in [3.05, 3.63) is 29.8 Å². The fraction of sp³-hybridized carbons (Fsp3) is 0.533. The molecule has 0 heterocycles. The fourth-order valence-corrected chi connectivity index (χ4v) is 2.69. The zero-order valence-electron chi connectivity index (χ0n) is 11.1. The van der Waals surface area contributed by atoms with Gasteiger partial charge in [-0.3, -0.25) is 4.79 Å². The second-order valence-corrected chi connectivity index (χ2v) is 5.08. The van der Waals surface area contributed by atoms with Gasteiger partial charge >= 0.3 is 0 Å². The Morgan fingerprint density at radius 1 is 1.22 bits per heavy atom. The number of hydrogen-bond acceptors (Lipinski definition) is 2. The van der Waals surface area contributed by atoms with E-state index in [0.29, 0.717) is 5.92 Å². The minimum atomic E-state index is -0.0552. The predicted octanol–water partition coefficient (Wildman–Crippen LogP) is 2.66. The molecule has 1 aromatic carbocycles. The van der Waals surface area contributed by atoms with Gasteiger partial charge in [0.25, 0.3) is 0 Å². The summed E-state index contributed by atoms with van der Waals surface area (Å²) in [4.78, 5) is 13.1. The maximum Gasteiger partial charge on any atom is 0.240 e. The Morgan fingerprint density at radius 2 is 1.83 bits per heavy atom. The molecule has 3 nitrogen and oxygen atoms in total. The van der Waals surface area contributed by atoms with Gasteiger partial charge in [0, 0.05) is 12.7 Å². The van der Waals surface area contributed by atoms with E-state index in [1.807, 2.05) is 12.1 Å². The highest BCUT2D eigenvalue weighted by Gasteiger charge is 2.16. The van der Waals surface area contributed by atoms with Gasteiger partial charge in [0.05, 0.1) is 6.54 Å². The van der Waals surface area contributed by atoms with E-state index >= 15 is 0 Å². The van der Waals surface area contributed by atoms with Gasteiger partial charge in [-0.05, 0) is 36.5 Å². The van der Waals surface area contributed by atoms with Gasteiger partial charge in [0.2, 0.25) is 5.91 Å². The summed E-state index contributed by atoms with van der Waals surface area (Å²) < 4.78 is 0. The van der Waals surface area contributed by atoms with Crippen molar-refractivity contribution in [2.24, 2.45) is 5.73 Å². The molecule has 98 valence electrons. The number of hydrogen-bond donors (Lipinski definition) is 1. The van der Waals surface area contributed by atoms with E-state index in [2.05, 4.69) is 12.1 Å². The molecule has 0 atom stereocenters. The molecule has 2 rings (SSSR count). The van der Waals surface area contributed by atoms with Crippen LogP contribution in [0, 0.1) is 0 Å². The highest BCUT2D eigenvalue weighted by molar-refractivity contribution is 5.94. The Hall–Kier alpha value is -1.35. The highest BCUT2D eigenvalue weighted by atomic mass is 16.2. The molecule has 1 saturated carbocycles.